The fraction of sp³-hybridized carbons (Fsp3) is 0.467. The number of nitrogens with two attached hydrogens (primary N) is 1. The summed E-state index contributed by atoms with van der Waals surface area (Å²) in [7, 11) is 0. The van der Waals surface area contributed by atoms with E-state index in [0.29, 0.717) is 12.3 Å². The van der Waals surface area contributed by atoms with Gasteiger partial charge in [0.25, 0.3) is 5.91 Å². The van der Waals surface area contributed by atoms with Gasteiger partial charge in [-0.15, -0.1) is 0 Å². The van der Waals surface area contributed by atoms with Gasteiger partial charge in [0, 0.05) is 18.8 Å². The lowest BCUT2D eigenvalue weighted by Crippen LogP contribution is -2.48. The van der Waals surface area contributed by atoms with Crippen LogP contribution in [0, 0.1) is 5.82 Å². The Balaban J connectivity index is 2.04. The second-order valence-electron chi connectivity index (χ2n) is 5.54. The lowest BCUT2D eigenvalue weighted by molar-refractivity contribution is -0.130. The van der Waals surface area contributed by atoms with Crippen molar-refractivity contribution in [3.8, 4) is 0 Å². The quantitative estimate of drug-likeness (QED) is 0.631. The largest absolute Gasteiger partial charge is 0.401 e. The van der Waals surface area contributed by atoms with Crippen molar-refractivity contribution in [3.63, 3.8) is 0 Å². The highest BCUT2D eigenvalue weighted by Gasteiger charge is 2.30. The molecule has 1 heterocycles. The van der Waals surface area contributed by atoms with E-state index in [1.54, 1.807) is 0 Å². The first-order valence-electron chi connectivity index (χ1n) is 7.70. The Morgan fingerprint density at radius 2 is 2.12 bits per heavy atom. The summed E-state index contributed by atoms with van der Waals surface area (Å²) in [6.45, 7) is -1.33. The van der Waals surface area contributed by atoms with E-state index in [2.05, 4.69) is 5.32 Å². The van der Waals surface area contributed by atoms with E-state index < -0.39 is 37.0 Å². The van der Waals surface area contributed by atoms with Crippen LogP contribution in [0.3, 0.4) is 0 Å². The average molecular weight is 378 g/mol. The molecule has 0 aromatic heterocycles. The summed E-state index contributed by atoms with van der Waals surface area (Å²) >= 11 is 0. The topological polar surface area (TPSA) is 96.7 Å². The van der Waals surface area contributed by atoms with E-state index in [9.17, 15) is 27.2 Å². The number of hydrogen-bond donors (Lipinski definition) is 3. The predicted octanol–water partition coefficient (Wildman–Crippen LogP) is 0.607. The SMILES string of the molecule is NC[C@H](NCC(F)(F)F)C(=O)Nc1ccc(N2CCOCC2=O)cc1F. The number of halogens is 4. The smallest absolute Gasteiger partial charge is 0.370 e. The van der Waals surface area contributed by atoms with Gasteiger partial charge in [0.15, 0.2) is 0 Å². The zero-order valence-corrected chi connectivity index (χ0v) is 13.6. The molecule has 144 valence electrons. The number of ether oxygens (including phenoxy) is 1. The molecule has 1 aliphatic heterocycles. The van der Waals surface area contributed by atoms with Gasteiger partial charge < -0.3 is 20.7 Å². The number of morpholine rings is 1. The number of benzene rings is 1. The molecule has 0 unspecified atom stereocenters. The predicted molar refractivity (Wildman–Crippen MR) is 85.1 cm³/mol. The van der Waals surface area contributed by atoms with Gasteiger partial charge >= 0.3 is 6.18 Å². The number of carbonyl (C=O) groups is 2. The van der Waals surface area contributed by atoms with Gasteiger partial charge in [-0.05, 0) is 18.2 Å². The highest BCUT2D eigenvalue weighted by Crippen LogP contribution is 2.23. The maximum atomic E-state index is 14.2. The van der Waals surface area contributed by atoms with E-state index in [4.69, 9.17) is 10.5 Å². The number of carbonyl (C=O) groups excluding carboxylic acids is 2. The second kappa shape index (κ2) is 8.43. The van der Waals surface area contributed by atoms with Crippen LogP contribution in [0.2, 0.25) is 0 Å². The van der Waals surface area contributed by atoms with Crippen LogP contribution in [-0.2, 0) is 14.3 Å². The van der Waals surface area contributed by atoms with Gasteiger partial charge in [0.1, 0.15) is 12.4 Å². The Bertz CT molecular complexity index is 669. The Hall–Kier alpha value is -2.24. The van der Waals surface area contributed by atoms with Crippen molar-refractivity contribution in [1.82, 2.24) is 5.32 Å². The first-order valence-corrected chi connectivity index (χ1v) is 7.70. The highest BCUT2D eigenvalue weighted by molar-refractivity contribution is 5.97. The van der Waals surface area contributed by atoms with Crippen LogP contribution >= 0.6 is 0 Å². The number of alkyl halides is 3. The number of hydrogen-bond acceptors (Lipinski definition) is 5. The number of nitrogens with one attached hydrogen (secondary N) is 2. The molecule has 1 aromatic carbocycles. The summed E-state index contributed by atoms with van der Waals surface area (Å²) in [5.74, 6) is -2.06. The van der Waals surface area contributed by atoms with Crippen molar-refractivity contribution in [2.75, 3.05) is 43.1 Å². The minimum Gasteiger partial charge on any atom is -0.370 e. The van der Waals surface area contributed by atoms with Crippen LogP contribution in [0.4, 0.5) is 28.9 Å². The zero-order chi connectivity index (χ0) is 19.3. The highest BCUT2D eigenvalue weighted by atomic mass is 19.4. The molecular formula is C15H18F4N4O3. The molecule has 0 radical (unpaired) electrons. The maximum absolute atomic E-state index is 14.2. The van der Waals surface area contributed by atoms with Crippen molar-refractivity contribution >= 4 is 23.2 Å². The van der Waals surface area contributed by atoms with E-state index >= 15 is 0 Å². The van der Waals surface area contributed by atoms with E-state index in [-0.39, 0.29) is 24.7 Å². The number of amides is 2. The van der Waals surface area contributed by atoms with Gasteiger partial charge in [-0.25, -0.2) is 4.39 Å². The van der Waals surface area contributed by atoms with Crippen LogP contribution in [0.5, 0.6) is 0 Å². The molecule has 0 spiro atoms. The molecule has 0 bridgehead atoms. The first-order chi connectivity index (χ1) is 12.2. The van der Waals surface area contributed by atoms with Gasteiger partial charge in [0.2, 0.25) is 5.91 Å². The Kier molecular flexibility index (Phi) is 6.51. The summed E-state index contributed by atoms with van der Waals surface area (Å²) in [6.07, 6.45) is -4.51. The standard InChI is InChI=1S/C15H18F4N4O3/c16-10-5-9(23-3-4-26-7-13(23)24)1-2-11(10)22-14(25)12(6-20)21-8-15(17,18)19/h1-2,5,12,21H,3-4,6-8,20H2,(H,22,25)/t12-/m0/s1. The molecule has 2 rings (SSSR count). The van der Waals surface area contributed by atoms with Gasteiger partial charge in [-0.2, -0.15) is 13.2 Å². The van der Waals surface area contributed by atoms with Gasteiger partial charge in [-0.1, -0.05) is 0 Å². The molecule has 1 fully saturated rings. The molecule has 11 heteroatoms. The molecule has 1 atom stereocenters. The van der Waals surface area contributed by atoms with E-state index in [1.807, 2.05) is 5.32 Å². The summed E-state index contributed by atoms with van der Waals surface area (Å²) in [4.78, 5) is 25.1. The van der Waals surface area contributed by atoms with Crippen molar-refractivity contribution < 1.29 is 31.9 Å². The Morgan fingerprint density at radius 1 is 1.38 bits per heavy atom. The molecular weight excluding hydrogens is 360 g/mol. The van der Waals surface area contributed by atoms with Crippen molar-refractivity contribution in [2.45, 2.75) is 12.2 Å². The molecule has 0 saturated carbocycles. The van der Waals surface area contributed by atoms with Gasteiger partial charge in [0.05, 0.1) is 24.9 Å². The molecule has 2 amide bonds. The third kappa shape index (κ3) is 5.38. The molecule has 1 aromatic rings. The van der Waals surface area contributed by atoms with Crippen LogP contribution in [0.15, 0.2) is 18.2 Å². The first kappa shape index (κ1) is 20.1. The molecule has 7 nitrogen and oxygen atoms in total. The summed E-state index contributed by atoms with van der Waals surface area (Å²) < 4.78 is 55.9. The summed E-state index contributed by atoms with van der Waals surface area (Å²) in [5, 5.41) is 4.15. The number of anilines is 2. The van der Waals surface area contributed by atoms with Crippen molar-refractivity contribution in [3.05, 3.63) is 24.0 Å². The Labute approximate surface area is 146 Å². The lowest BCUT2D eigenvalue weighted by atomic mass is 10.2. The van der Waals surface area contributed by atoms with Gasteiger partial charge in [-0.3, -0.25) is 14.9 Å². The van der Waals surface area contributed by atoms with Crippen molar-refractivity contribution in [1.29, 1.82) is 0 Å². The average Bonchev–Trinajstić information content (AvgIpc) is 2.57. The van der Waals surface area contributed by atoms with Crippen LogP contribution in [0.25, 0.3) is 0 Å². The number of nitrogens with zero attached hydrogens (tertiary/aromatic N) is 1. The number of rotatable bonds is 6. The molecule has 4 N–H and O–H groups in total. The van der Waals surface area contributed by atoms with E-state index in [0.717, 1.165) is 6.07 Å². The summed E-state index contributed by atoms with van der Waals surface area (Å²) in [5.41, 5.74) is 5.35. The zero-order valence-electron chi connectivity index (χ0n) is 13.6. The van der Waals surface area contributed by atoms with E-state index in [1.165, 1.54) is 17.0 Å². The fourth-order valence-corrected chi connectivity index (χ4v) is 2.31. The lowest BCUT2D eigenvalue weighted by Gasteiger charge is -2.27. The monoisotopic (exact) mass is 378 g/mol. The fourth-order valence-electron chi connectivity index (χ4n) is 2.31. The maximum Gasteiger partial charge on any atom is 0.401 e. The minimum atomic E-state index is -4.51. The second-order valence-corrected chi connectivity index (χ2v) is 5.54. The Morgan fingerprint density at radius 3 is 2.69 bits per heavy atom. The molecule has 26 heavy (non-hydrogen) atoms. The van der Waals surface area contributed by atoms with Crippen molar-refractivity contribution in [2.24, 2.45) is 5.73 Å². The third-order valence-electron chi connectivity index (χ3n) is 3.61. The minimum absolute atomic E-state index is 0.108. The van der Waals surface area contributed by atoms with Crippen LogP contribution in [0.1, 0.15) is 0 Å². The normalized spacial score (nSPS) is 16.5. The van der Waals surface area contributed by atoms with Crippen LogP contribution < -0.4 is 21.3 Å². The van der Waals surface area contributed by atoms with Crippen LogP contribution in [-0.4, -0.2) is 56.9 Å². The molecule has 1 aliphatic rings. The molecule has 1 saturated heterocycles. The summed E-state index contributed by atoms with van der Waals surface area (Å²) in [6, 6.07) is 2.36. The molecule has 0 aliphatic carbocycles. The third-order valence-corrected chi connectivity index (χ3v) is 3.61.